The molecule has 3 rings (SSSR count). The first-order valence-electron chi connectivity index (χ1n) is 8.38. The van der Waals surface area contributed by atoms with Crippen LogP contribution in [0.2, 0.25) is 5.02 Å². The van der Waals surface area contributed by atoms with E-state index >= 15 is 0 Å². The van der Waals surface area contributed by atoms with E-state index in [0.29, 0.717) is 27.0 Å². The van der Waals surface area contributed by atoms with Crippen LogP contribution in [0.25, 0.3) is 6.08 Å². The predicted molar refractivity (Wildman–Crippen MR) is 114 cm³/mol. The van der Waals surface area contributed by atoms with Gasteiger partial charge in [0.05, 0.1) is 24.5 Å². The van der Waals surface area contributed by atoms with Gasteiger partial charge in [-0.1, -0.05) is 59.8 Å². The topological polar surface area (TPSA) is 78.9 Å². The van der Waals surface area contributed by atoms with Crippen molar-refractivity contribution in [2.45, 2.75) is 6.61 Å². The van der Waals surface area contributed by atoms with Crippen molar-refractivity contribution in [3.63, 3.8) is 0 Å². The smallest absolute Gasteiger partial charge is 0.266 e. The number of carboxylic acids is 1. The monoisotopic (exact) mass is 448 g/mol. The highest BCUT2D eigenvalue weighted by Crippen LogP contribution is 2.35. The van der Waals surface area contributed by atoms with Gasteiger partial charge in [0.25, 0.3) is 5.91 Å². The summed E-state index contributed by atoms with van der Waals surface area (Å²) >= 11 is 12.3. The Kier molecular flexibility index (Phi) is 6.79. The van der Waals surface area contributed by atoms with Gasteiger partial charge < -0.3 is 19.4 Å². The number of thiocarbonyl (C=S) groups is 1. The molecule has 0 atom stereocenters. The Hall–Kier alpha value is -2.55. The zero-order chi connectivity index (χ0) is 21.0. The first-order chi connectivity index (χ1) is 13.9. The Bertz CT molecular complexity index is 1010. The van der Waals surface area contributed by atoms with Crippen molar-refractivity contribution in [3.8, 4) is 11.5 Å². The van der Waals surface area contributed by atoms with Crippen LogP contribution in [-0.4, -0.2) is 34.8 Å². The normalized spacial score (nSPS) is 15.1. The third-order valence-corrected chi connectivity index (χ3v) is 5.73. The van der Waals surface area contributed by atoms with E-state index in [-0.39, 0.29) is 10.9 Å². The van der Waals surface area contributed by atoms with Gasteiger partial charge in [0.1, 0.15) is 10.9 Å². The molecule has 0 bridgehead atoms. The summed E-state index contributed by atoms with van der Waals surface area (Å²) in [6.07, 6.45) is 1.62. The third-order valence-electron chi connectivity index (χ3n) is 3.99. The number of carbonyl (C=O) groups is 2. The van der Waals surface area contributed by atoms with Crippen LogP contribution >= 0.6 is 35.6 Å². The lowest BCUT2D eigenvalue weighted by molar-refractivity contribution is -0.305. The highest BCUT2D eigenvalue weighted by atomic mass is 35.5. The Morgan fingerprint density at radius 2 is 2.03 bits per heavy atom. The van der Waals surface area contributed by atoms with Gasteiger partial charge >= 0.3 is 0 Å². The number of nitrogens with zero attached hydrogens (tertiary/aromatic N) is 1. The van der Waals surface area contributed by atoms with Crippen molar-refractivity contribution in [2.24, 2.45) is 0 Å². The molecule has 9 heteroatoms. The number of amides is 1. The maximum Gasteiger partial charge on any atom is 0.266 e. The number of carboxylic acid groups (broad SMARTS) is 1. The van der Waals surface area contributed by atoms with Crippen LogP contribution < -0.4 is 14.6 Å². The lowest BCUT2D eigenvalue weighted by Crippen LogP contribution is -2.40. The highest BCUT2D eigenvalue weighted by molar-refractivity contribution is 8.26. The van der Waals surface area contributed by atoms with Crippen molar-refractivity contribution in [1.82, 2.24) is 4.90 Å². The molecule has 1 heterocycles. The van der Waals surface area contributed by atoms with E-state index in [1.807, 2.05) is 18.2 Å². The van der Waals surface area contributed by atoms with Crippen LogP contribution in [0.4, 0.5) is 0 Å². The van der Waals surface area contributed by atoms with E-state index in [2.05, 4.69) is 0 Å². The molecule has 2 aromatic carbocycles. The Balaban J connectivity index is 1.77. The maximum absolute atomic E-state index is 12.4. The second-order valence-electron chi connectivity index (χ2n) is 5.93. The molecular formula is C20H15ClNO5S2-. The van der Waals surface area contributed by atoms with Gasteiger partial charge in [-0.2, -0.15) is 0 Å². The summed E-state index contributed by atoms with van der Waals surface area (Å²) in [5.41, 5.74) is 1.53. The van der Waals surface area contributed by atoms with E-state index < -0.39 is 18.4 Å². The molecule has 1 saturated heterocycles. The van der Waals surface area contributed by atoms with Crippen molar-refractivity contribution < 1.29 is 24.2 Å². The number of carbonyl (C=O) groups excluding carboxylic acids is 2. The van der Waals surface area contributed by atoms with Crippen LogP contribution in [0.3, 0.4) is 0 Å². The number of halogens is 1. The fraction of sp³-hybridized carbons (Fsp3) is 0.150. The summed E-state index contributed by atoms with van der Waals surface area (Å²) in [5.74, 6) is -0.837. The van der Waals surface area contributed by atoms with Gasteiger partial charge in [0.2, 0.25) is 0 Å². The van der Waals surface area contributed by atoms with Crippen molar-refractivity contribution >= 4 is 57.9 Å². The molecule has 0 saturated carbocycles. The Morgan fingerprint density at radius 1 is 1.28 bits per heavy atom. The van der Waals surface area contributed by atoms with Crippen LogP contribution in [0.15, 0.2) is 47.4 Å². The molecule has 0 N–H and O–H groups in total. The van der Waals surface area contributed by atoms with Crippen LogP contribution in [0.1, 0.15) is 11.1 Å². The molecule has 0 radical (unpaired) electrons. The molecule has 0 aromatic heterocycles. The molecule has 1 aliphatic heterocycles. The van der Waals surface area contributed by atoms with Crippen molar-refractivity contribution in [2.75, 3.05) is 13.7 Å². The number of hydrogen-bond acceptors (Lipinski definition) is 7. The van der Waals surface area contributed by atoms with Crippen LogP contribution in [-0.2, 0) is 16.2 Å². The second kappa shape index (κ2) is 9.30. The summed E-state index contributed by atoms with van der Waals surface area (Å²) in [5, 5.41) is 11.4. The number of aliphatic carboxylic acids is 1. The number of rotatable bonds is 7. The number of thioether (sulfide) groups is 1. The molecule has 0 spiro atoms. The lowest BCUT2D eigenvalue weighted by atomic mass is 10.1. The van der Waals surface area contributed by atoms with Gasteiger partial charge in [-0.3, -0.25) is 9.69 Å². The molecule has 1 fully saturated rings. The van der Waals surface area contributed by atoms with E-state index in [9.17, 15) is 14.7 Å². The van der Waals surface area contributed by atoms with Crippen molar-refractivity contribution in [1.29, 1.82) is 0 Å². The first-order valence-corrected chi connectivity index (χ1v) is 9.98. The molecule has 6 nitrogen and oxygen atoms in total. The minimum absolute atomic E-state index is 0.178. The highest BCUT2D eigenvalue weighted by Gasteiger charge is 2.31. The zero-order valence-electron chi connectivity index (χ0n) is 15.2. The van der Waals surface area contributed by atoms with Gasteiger partial charge in [-0.15, -0.1) is 0 Å². The zero-order valence-corrected chi connectivity index (χ0v) is 17.6. The number of benzene rings is 2. The number of ether oxygens (including phenoxy) is 2. The molecule has 1 amide bonds. The van der Waals surface area contributed by atoms with E-state index in [1.54, 1.807) is 30.3 Å². The fourth-order valence-corrected chi connectivity index (χ4v) is 4.03. The largest absolute Gasteiger partial charge is 0.548 e. The fourth-order valence-electron chi connectivity index (χ4n) is 2.58. The molecule has 0 unspecified atom stereocenters. The van der Waals surface area contributed by atoms with Crippen LogP contribution in [0.5, 0.6) is 11.5 Å². The second-order valence-corrected chi connectivity index (χ2v) is 8.01. The predicted octanol–water partition coefficient (Wildman–Crippen LogP) is 2.88. The summed E-state index contributed by atoms with van der Waals surface area (Å²) < 4.78 is 11.4. The average molecular weight is 449 g/mol. The standard InChI is InChI=1S/C20H16ClNO5S2/c1-26-16-8-12(9-17-19(25)22(10-18(23)24)20(28)29-17)6-7-15(16)27-11-13-4-2-3-5-14(13)21/h2-9H,10-11H2,1H3,(H,23,24)/p-1/b17-9-. The minimum Gasteiger partial charge on any atom is -0.548 e. The SMILES string of the molecule is COc1cc(/C=C2\SC(=S)N(CC(=O)[O-])C2=O)ccc1OCc1ccccc1Cl. The van der Waals surface area contributed by atoms with E-state index in [4.69, 9.17) is 33.3 Å². The third kappa shape index (κ3) is 5.09. The molecule has 150 valence electrons. The molecule has 2 aromatic rings. The molecular weight excluding hydrogens is 434 g/mol. The summed E-state index contributed by atoms with van der Waals surface area (Å²) in [7, 11) is 1.51. The Labute approximate surface area is 182 Å². The molecule has 29 heavy (non-hydrogen) atoms. The lowest BCUT2D eigenvalue weighted by Gasteiger charge is -2.14. The summed E-state index contributed by atoms with van der Waals surface area (Å²) in [6, 6.07) is 12.6. The van der Waals surface area contributed by atoms with Crippen molar-refractivity contribution in [3.05, 3.63) is 63.5 Å². The summed E-state index contributed by atoms with van der Waals surface area (Å²) in [6.45, 7) is -0.294. The van der Waals surface area contributed by atoms with E-state index in [0.717, 1.165) is 22.2 Å². The Morgan fingerprint density at radius 3 is 2.72 bits per heavy atom. The van der Waals surface area contributed by atoms with E-state index in [1.165, 1.54) is 7.11 Å². The van der Waals surface area contributed by atoms with Gasteiger partial charge in [0, 0.05) is 10.6 Å². The molecule has 1 aliphatic rings. The number of hydrogen-bond donors (Lipinski definition) is 0. The summed E-state index contributed by atoms with van der Waals surface area (Å²) in [4.78, 5) is 24.5. The molecule has 0 aliphatic carbocycles. The maximum atomic E-state index is 12.4. The first kappa shape index (κ1) is 21.2. The van der Waals surface area contributed by atoms with Gasteiger partial charge in [-0.25, -0.2) is 0 Å². The minimum atomic E-state index is -1.37. The van der Waals surface area contributed by atoms with Crippen LogP contribution in [0, 0.1) is 0 Å². The van der Waals surface area contributed by atoms with Gasteiger partial charge in [0.15, 0.2) is 11.5 Å². The average Bonchev–Trinajstić information content (AvgIpc) is 2.95. The number of methoxy groups -OCH3 is 1. The van der Waals surface area contributed by atoms with Gasteiger partial charge in [-0.05, 0) is 29.8 Å². The quantitative estimate of drug-likeness (QED) is 0.476.